The molecule has 0 spiro atoms. The summed E-state index contributed by atoms with van der Waals surface area (Å²) < 4.78 is 6.76. The normalized spacial score (nSPS) is 10.1. The smallest absolute Gasteiger partial charge is 0.234 e. The fraction of sp³-hybridized carbons (Fsp3) is 0.133. The lowest BCUT2D eigenvalue weighted by Crippen LogP contribution is -2.29. The summed E-state index contributed by atoms with van der Waals surface area (Å²) in [4.78, 5) is 11.2. The monoisotopic (exact) mass is 334 g/mol. The molecule has 0 aliphatic heterocycles. The number of carbonyl (C=O) groups is 1. The Hall–Kier alpha value is -1.85. The van der Waals surface area contributed by atoms with Crippen molar-refractivity contribution in [3.63, 3.8) is 0 Å². The van der Waals surface area contributed by atoms with E-state index in [-0.39, 0.29) is 12.5 Å². The highest BCUT2D eigenvalue weighted by atomic mass is 79.9. The summed E-state index contributed by atoms with van der Waals surface area (Å²) in [7, 11) is 0. The van der Waals surface area contributed by atoms with Crippen molar-refractivity contribution >= 4 is 21.8 Å². The summed E-state index contributed by atoms with van der Waals surface area (Å²) in [5.41, 5.74) is 6.16. The Morgan fingerprint density at radius 2 is 1.95 bits per heavy atom. The molecule has 2 aromatic rings. The zero-order valence-electron chi connectivity index (χ0n) is 10.8. The summed E-state index contributed by atoms with van der Waals surface area (Å²) in [5.74, 6) is 1.25. The standard InChI is InChI=1S/C15H15BrN2O2/c16-12-7-6-11(10-18-15(19)9-17)14(8-12)20-13-4-2-1-3-5-13/h1-8H,9-10,17H2,(H,18,19). The Kier molecular flexibility index (Phi) is 5.15. The fourth-order valence-electron chi connectivity index (χ4n) is 1.65. The van der Waals surface area contributed by atoms with Crippen LogP contribution in [0.15, 0.2) is 53.0 Å². The van der Waals surface area contributed by atoms with Gasteiger partial charge >= 0.3 is 0 Å². The predicted octanol–water partition coefficient (Wildman–Crippen LogP) is 2.82. The quantitative estimate of drug-likeness (QED) is 0.883. The van der Waals surface area contributed by atoms with Gasteiger partial charge in [-0.05, 0) is 24.3 Å². The number of nitrogens with one attached hydrogen (secondary N) is 1. The van der Waals surface area contributed by atoms with Gasteiger partial charge in [0.15, 0.2) is 0 Å². The van der Waals surface area contributed by atoms with Gasteiger partial charge in [0.1, 0.15) is 11.5 Å². The Labute approximate surface area is 126 Å². The van der Waals surface area contributed by atoms with Crippen LogP contribution in [-0.4, -0.2) is 12.5 Å². The van der Waals surface area contributed by atoms with Crippen LogP contribution in [0.2, 0.25) is 0 Å². The van der Waals surface area contributed by atoms with Crippen molar-refractivity contribution in [1.29, 1.82) is 0 Å². The maximum absolute atomic E-state index is 11.2. The third kappa shape index (κ3) is 4.08. The van der Waals surface area contributed by atoms with Gasteiger partial charge < -0.3 is 15.8 Å². The Bertz CT molecular complexity index is 588. The minimum atomic E-state index is -0.196. The van der Waals surface area contributed by atoms with Crippen LogP contribution in [0.4, 0.5) is 0 Å². The molecule has 1 amide bonds. The first-order chi connectivity index (χ1) is 9.69. The van der Waals surface area contributed by atoms with Gasteiger partial charge in [-0.3, -0.25) is 4.79 Å². The maximum Gasteiger partial charge on any atom is 0.234 e. The average Bonchev–Trinajstić information content (AvgIpc) is 2.47. The van der Waals surface area contributed by atoms with Gasteiger partial charge in [0.2, 0.25) is 5.91 Å². The number of ether oxygens (including phenoxy) is 1. The number of hydrogen-bond donors (Lipinski definition) is 2. The molecule has 3 N–H and O–H groups in total. The van der Waals surface area contributed by atoms with Gasteiger partial charge in [-0.25, -0.2) is 0 Å². The van der Waals surface area contributed by atoms with Gasteiger partial charge in [-0.1, -0.05) is 40.2 Å². The lowest BCUT2D eigenvalue weighted by atomic mass is 10.2. The van der Waals surface area contributed by atoms with Crippen LogP contribution in [0.1, 0.15) is 5.56 Å². The second-order valence-corrected chi connectivity index (χ2v) is 5.06. The van der Waals surface area contributed by atoms with Gasteiger partial charge in [0.25, 0.3) is 0 Å². The van der Waals surface area contributed by atoms with E-state index in [1.54, 1.807) is 0 Å². The summed E-state index contributed by atoms with van der Waals surface area (Å²) in [6.45, 7) is 0.358. The van der Waals surface area contributed by atoms with Crippen LogP contribution in [-0.2, 0) is 11.3 Å². The van der Waals surface area contributed by atoms with Crippen LogP contribution in [0.25, 0.3) is 0 Å². The van der Waals surface area contributed by atoms with E-state index in [0.717, 1.165) is 15.8 Å². The number of halogens is 1. The van der Waals surface area contributed by atoms with Crippen molar-refractivity contribution in [2.75, 3.05) is 6.54 Å². The first-order valence-electron chi connectivity index (χ1n) is 6.17. The molecule has 0 bridgehead atoms. The highest BCUT2D eigenvalue weighted by molar-refractivity contribution is 9.10. The Morgan fingerprint density at radius 1 is 1.20 bits per heavy atom. The van der Waals surface area contributed by atoms with Crippen LogP contribution in [0, 0.1) is 0 Å². The van der Waals surface area contributed by atoms with Gasteiger partial charge in [0.05, 0.1) is 6.54 Å². The number of rotatable bonds is 5. The van der Waals surface area contributed by atoms with Crippen molar-refractivity contribution in [2.24, 2.45) is 5.73 Å². The van der Waals surface area contributed by atoms with E-state index in [1.165, 1.54) is 0 Å². The van der Waals surface area contributed by atoms with E-state index in [0.29, 0.717) is 12.3 Å². The molecule has 0 fully saturated rings. The van der Waals surface area contributed by atoms with E-state index in [4.69, 9.17) is 10.5 Å². The Morgan fingerprint density at radius 3 is 2.65 bits per heavy atom. The second kappa shape index (κ2) is 7.07. The molecule has 0 aromatic heterocycles. The lowest BCUT2D eigenvalue weighted by Gasteiger charge is -2.12. The zero-order valence-corrected chi connectivity index (χ0v) is 12.4. The maximum atomic E-state index is 11.2. The van der Waals surface area contributed by atoms with Crippen LogP contribution < -0.4 is 15.8 Å². The summed E-state index contributed by atoms with van der Waals surface area (Å²) in [5, 5.41) is 2.74. The highest BCUT2D eigenvalue weighted by Crippen LogP contribution is 2.28. The van der Waals surface area contributed by atoms with Crippen molar-refractivity contribution in [3.8, 4) is 11.5 Å². The molecule has 0 aliphatic rings. The number of para-hydroxylation sites is 1. The number of amides is 1. The van der Waals surface area contributed by atoms with Crippen molar-refractivity contribution in [1.82, 2.24) is 5.32 Å². The molecule has 0 saturated heterocycles. The summed E-state index contributed by atoms with van der Waals surface area (Å²) in [6, 6.07) is 15.2. The molecule has 104 valence electrons. The van der Waals surface area contributed by atoms with Gasteiger partial charge in [0, 0.05) is 16.6 Å². The van der Waals surface area contributed by atoms with E-state index in [2.05, 4.69) is 21.2 Å². The second-order valence-electron chi connectivity index (χ2n) is 4.15. The van der Waals surface area contributed by atoms with Crippen LogP contribution >= 0.6 is 15.9 Å². The molecule has 0 atom stereocenters. The van der Waals surface area contributed by atoms with E-state index in [1.807, 2.05) is 48.5 Å². The first-order valence-corrected chi connectivity index (χ1v) is 6.96. The lowest BCUT2D eigenvalue weighted by molar-refractivity contribution is -0.119. The number of nitrogens with two attached hydrogens (primary N) is 1. The summed E-state index contributed by atoms with van der Waals surface area (Å²) in [6.07, 6.45) is 0. The molecule has 2 aromatic carbocycles. The molecule has 4 nitrogen and oxygen atoms in total. The summed E-state index contributed by atoms with van der Waals surface area (Å²) >= 11 is 3.42. The van der Waals surface area contributed by atoms with Gasteiger partial charge in [-0.15, -0.1) is 0 Å². The zero-order chi connectivity index (χ0) is 14.4. The molecular weight excluding hydrogens is 320 g/mol. The predicted molar refractivity (Wildman–Crippen MR) is 81.6 cm³/mol. The molecule has 5 heteroatoms. The minimum absolute atomic E-state index is 0.0224. The molecule has 0 saturated carbocycles. The van der Waals surface area contributed by atoms with Gasteiger partial charge in [-0.2, -0.15) is 0 Å². The molecule has 0 aliphatic carbocycles. The van der Waals surface area contributed by atoms with Crippen molar-refractivity contribution in [3.05, 3.63) is 58.6 Å². The van der Waals surface area contributed by atoms with E-state index < -0.39 is 0 Å². The number of hydrogen-bond acceptors (Lipinski definition) is 3. The number of benzene rings is 2. The average molecular weight is 335 g/mol. The Balaban J connectivity index is 2.17. The number of carbonyl (C=O) groups excluding carboxylic acids is 1. The third-order valence-corrected chi connectivity index (χ3v) is 3.15. The SMILES string of the molecule is NCC(=O)NCc1ccc(Br)cc1Oc1ccccc1. The van der Waals surface area contributed by atoms with Crippen LogP contribution in [0.3, 0.4) is 0 Å². The highest BCUT2D eigenvalue weighted by Gasteiger charge is 2.07. The largest absolute Gasteiger partial charge is 0.457 e. The molecule has 0 unspecified atom stereocenters. The topological polar surface area (TPSA) is 64.4 Å². The molecule has 20 heavy (non-hydrogen) atoms. The molecule has 0 radical (unpaired) electrons. The fourth-order valence-corrected chi connectivity index (χ4v) is 1.99. The van der Waals surface area contributed by atoms with Crippen LogP contribution in [0.5, 0.6) is 11.5 Å². The first kappa shape index (κ1) is 14.6. The van der Waals surface area contributed by atoms with Crippen molar-refractivity contribution < 1.29 is 9.53 Å². The van der Waals surface area contributed by atoms with E-state index in [9.17, 15) is 4.79 Å². The molecule has 2 rings (SSSR count). The van der Waals surface area contributed by atoms with Crippen molar-refractivity contribution in [2.45, 2.75) is 6.54 Å². The molecular formula is C15H15BrN2O2. The minimum Gasteiger partial charge on any atom is -0.457 e. The van der Waals surface area contributed by atoms with E-state index >= 15 is 0 Å². The molecule has 0 heterocycles. The third-order valence-electron chi connectivity index (χ3n) is 2.66.